The molecule has 2 aromatic heterocycles. The van der Waals surface area contributed by atoms with Gasteiger partial charge < -0.3 is 4.74 Å². The van der Waals surface area contributed by atoms with E-state index in [-0.39, 0.29) is 6.10 Å². The number of hydrogen-bond acceptors (Lipinski definition) is 4. The predicted octanol–water partition coefficient (Wildman–Crippen LogP) is 0.826. The van der Waals surface area contributed by atoms with Crippen molar-refractivity contribution in [3.05, 3.63) is 35.9 Å². The lowest BCUT2D eigenvalue weighted by atomic mass is 10.2. The van der Waals surface area contributed by atoms with Crippen molar-refractivity contribution in [3.8, 4) is 0 Å². The second kappa shape index (κ2) is 5.76. The molecular weight excluding hydrogens is 254 g/mol. The summed E-state index contributed by atoms with van der Waals surface area (Å²) in [6.45, 7) is 6.51. The molecule has 1 unspecified atom stereocenters. The van der Waals surface area contributed by atoms with Gasteiger partial charge in [0, 0.05) is 44.6 Å². The lowest BCUT2D eigenvalue weighted by molar-refractivity contribution is -0.0402. The highest BCUT2D eigenvalue weighted by Gasteiger charge is 2.21. The number of nitrogens with zero attached hydrogens (tertiary/aromatic N) is 5. The van der Waals surface area contributed by atoms with Crippen LogP contribution >= 0.6 is 0 Å². The van der Waals surface area contributed by atoms with Gasteiger partial charge in [0.15, 0.2) is 0 Å². The summed E-state index contributed by atoms with van der Waals surface area (Å²) in [7, 11) is 1.95. The third kappa shape index (κ3) is 3.26. The van der Waals surface area contributed by atoms with E-state index >= 15 is 0 Å². The summed E-state index contributed by atoms with van der Waals surface area (Å²) in [6, 6.07) is 0. The third-order valence-corrected chi connectivity index (χ3v) is 3.54. The number of ether oxygens (including phenoxy) is 1. The largest absolute Gasteiger partial charge is 0.374 e. The SMILES string of the molecule is Cc1cnn(CC2CN(Cc3cnn(C)c3)CCO2)c1. The Kier molecular flexibility index (Phi) is 3.84. The van der Waals surface area contributed by atoms with Gasteiger partial charge in [-0.3, -0.25) is 14.3 Å². The summed E-state index contributed by atoms with van der Waals surface area (Å²) in [4.78, 5) is 2.42. The van der Waals surface area contributed by atoms with Crippen LogP contribution in [-0.4, -0.2) is 50.3 Å². The molecule has 0 radical (unpaired) electrons. The fraction of sp³-hybridized carbons (Fsp3) is 0.571. The van der Waals surface area contributed by atoms with Crippen molar-refractivity contribution in [1.29, 1.82) is 0 Å². The molecular formula is C14H21N5O. The van der Waals surface area contributed by atoms with E-state index in [1.807, 2.05) is 28.8 Å². The Hall–Kier alpha value is -1.66. The van der Waals surface area contributed by atoms with Gasteiger partial charge >= 0.3 is 0 Å². The zero-order valence-electron chi connectivity index (χ0n) is 12.1. The smallest absolute Gasteiger partial charge is 0.0898 e. The molecule has 108 valence electrons. The standard InChI is InChI=1S/C14H21N5O/c1-12-5-16-19(7-12)11-14-10-18(3-4-20-14)9-13-6-15-17(2)8-13/h5-8,14H,3-4,9-11H2,1-2H3. The second-order valence-electron chi connectivity index (χ2n) is 5.49. The molecule has 1 atom stereocenters. The first kappa shape index (κ1) is 13.3. The molecule has 0 bridgehead atoms. The Morgan fingerprint density at radius 1 is 1.30 bits per heavy atom. The number of aryl methyl sites for hydroxylation is 2. The summed E-state index contributed by atoms with van der Waals surface area (Å²) in [5.74, 6) is 0. The molecule has 6 heteroatoms. The van der Waals surface area contributed by atoms with Gasteiger partial charge in [-0.15, -0.1) is 0 Å². The number of hydrogen-bond donors (Lipinski definition) is 0. The van der Waals surface area contributed by atoms with E-state index in [4.69, 9.17) is 4.74 Å². The van der Waals surface area contributed by atoms with Crippen LogP contribution in [0.2, 0.25) is 0 Å². The monoisotopic (exact) mass is 275 g/mol. The lowest BCUT2D eigenvalue weighted by Crippen LogP contribution is -2.43. The maximum Gasteiger partial charge on any atom is 0.0898 e. The molecule has 1 aliphatic heterocycles. The predicted molar refractivity (Wildman–Crippen MR) is 75.2 cm³/mol. The van der Waals surface area contributed by atoms with Crippen LogP contribution in [0, 0.1) is 6.92 Å². The Bertz CT molecular complexity index is 513. The minimum Gasteiger partial charge on any atom is -0.374 e. The van der Waals surface area contributed by atoms with E-state index in [2.05, 4.69) is 34.4 Å². The molecule has 6 nitrogen and oxygen atoms in total. The van der Waals surface area contributed by atoms with Crippen molar-refractivity contribution in [3.63, 3.8) is 0 Å². The molecule has 3 heterocycles. The highest BCUT2D eigenvalue weighted by atomic mass is 16.5. The van der Waals surface area contributed by atoms with Gasteiger partial charge in [-0.2, -0.15) is 10.2 Å². The van der Waals surface area contributed by atoms with Crippen LogP contribution in [0.4, 0.5) is 0 Å². The van der Waals surface area contributed by atoms with Crippen molar-refractivity contribution in [1.82, 2.24) is 24.5 Å². The van der Waals surface area contributed by atoms with Crippen LogP contribution in [0.3, 0.4) is 0 Å². The van der Waals surface area contributed by atoms with Gasteiger partial charge in [0.1, 0.15) is 0 Å². The molecule has 1 saturated heterocycles. The van der Waals surface area contributed by atoms with Gasteiger partial charge in [-0.05, 0) is 12.5 Å². The van der Waals surface area contributed by atoms with Gasteiger partial charge in [0.25, 0.3) is 0 Å². The summed E-state index contributed by atoms with van der Waals surface area (Å²) in [6.07, 6.45) is 8.15. The van der Waals surface area contributed by atoms with Crippen LogP contribution in [-0.2, 0) is 24.9 Å². The number of morpholine rings is 1. The topological polar surface area (TPSA) is 48.1 Å². The minimum absolute atomic E-state index is 0.208. The molecule has 20 heavy (non-hydrogen) atoms. The van der Waals surface area contributed by atoms with E-state index in [9.17, 15) is 0 Å². The summed E-state index contributed by atoms with van der Waals surface area (Å²) < 4.78 is 9.65. The Balaban J connectivity index is 1.56. The fourth-order valence-electron chi connectivity index (χ4n) is 2.62. The third-order valence-electron chi connectivity index (χ3n) is 3.54. The molecule has 3 rings (SSSR count). The molecule has 2 aromatic rings. The van der Waals surface area contributed by atoms with Gasteiger partial charge in [0.2, 0.25) is 0 Å². The lowest BCUT2D eigenvalue weighted by Gasteiger charge is -2.32. The maximum atomic E-state index is 5.84. The van der Waals surface area contributed by atoms with Gasteiger partial charge in [-0.1, -0.05) is 0 Å². The van der Waals surface area contributed by atoms with Crippen molar-refractivity contribution in [2.24, 2.45) is 7.05 Å². The molecule has 0 N–H and O–H groups in total. The molecule has 0 spiro atoms. The zero-order valence-corrected chi connectivity index (χ0v) is 12.1. The fourth-order valence-corrected chi connectivity index (χ4v) is 2.62. The van der Waals surface area contributed by atoms with E-state index in [0.717, 1.165) is 32.8 Å². The van der Waals surface area contributed by atoms with Crippen molar-refractivity contribution in [2.45, 2.75) is 26.1 Å². The average molecular weight is 275 g/mol. The van der Waals surface area contributed by atoms with Crippen LogP contribution in [0.25, 0.3) is 0 Å². The maximum absolute atomic E-state index is 5.84. The van der Waals surface area contributed by atoms with E-state index in [0.29, 0.717) is 0 Å². The first-order valence-electron chi connectivity index (χ1n) is 6.99. The van der Waals surface area contributed by atoms with E-state index in [1.165, 1.54) is 11.1 Å². The Labute approximate surface area is 118 Å². The van der Waals surface area contributed by atoms with Crippen molar-refractivity contribution in [2.75, 3.05) is 19.7 Å². The van der Waals surface area contributed by atoms with Crippen LogP contribution in [0.5, 0.6) is 0 Å². The summed E-state index contributed by atoms with van der Waals surface area (Å²) in [5, 5.41) is 8.54. The summed E-state index contributed by atoms with van der Waals surface area (Å²) >= 11 is 0. The summed E-state index contributed by atoms with van der Waals surface area (Å²) in [5.41, 5.74) is 2.44. The highest BCUT2D eigenvalue weighted by molar-refractivity contribution is 5.03. The molecule has 0 saturated carbocycles. The average Bonchev–Trinajstić information content (AvgIpc) is 2.99. The van der Waals surface area contributed by atoms with E-state index in [1.54, 1.807) is 0 Å². The quantitative estimate of drug-likeness (QED) is 0.829. The van der Waals surface area contributed by atoms with Crippen LogP contribution in [0.15, 0.2) is 24.8 Å². The molecule has 0 amide bonds. The highest BCUT2D eigenvalue weighted by Crippen LogP contribution is 2.11. The first-order valence-corrected chi connectivity index (χ1v) is 6.99. The molecule has 1 aliphatic rings. The number of rotatable bonds is 4. The van der Waals surface area contributed by atoms with Crippen LogP contribution in [0.1, 0.15) is 11.1 Å². The Morgan fingerprint density at radius 2 is 2.20 bits per heavy atom. The first-order chi connectivity index (χ1) is 9.69. The molecule has 0 aliphatic carbocycles. The van der Waals surface area contributed by atoms with Gasteiger partial charge in [0.05, 0.1) is 31.6 Å². The van der Waals surface area contributed by atoms with Gasteiger partial charge in [-0.25, -0.2) is 0 Å². The second-order valence-corrected chi connectivity index (χ2v) is 5.49. The molecule has 1 fully saturated rings. The normalized spacial score (nSPS) is 20.4. The zero-order chi connectivity index (χ0) is 13.9. The van der Waals surface area contributed by atoms with Crippen molar-refractivity contribution >= 4 is 0 Å². The molecule has 0 aromatic carbocycles. The van der Waals surface area contributed by atoms with Crippen molar-refractivity contribution < 1.29 is 4.74 Å². The van der Waals surface area contributed by atoms with Crippen LogP contribution < -0.4 is 0 Å². The number of aromatic nitrogens is 4. The van der Waals surface area contributed by atoms with E-state index < -0.39 is 0 Å². The Morgan fingerprint density at radius 3 is 2.90 bits per heavy atom. The minimum atomic E-state index is 0.208.